The number of aromatic nitrogens is 1. The topological polar surface area (TPSA) is 51.1 Å². The number of nitrogens with zero attached hydrogens (tertiary/aromatic N) is 1. The number of rotatable bonds is 3. The Hall–Kier alpha value is -1.84. The lowest BCUT2D eigenvalue weighted by molar-refractivity contribution is -0.121. The number of imide groups is 1. The molecule has 4 heteroatoms. The highest BCUT2D eigenvalue weighted by molar-refractivity contribution is 6.06. The van der Waals surface area contributed by atoms with Gasteiger partial charge >= 0.3 is 0 Å². The maximum atomic E-state index is 11.9. The summed E-state index contributed by atoms with van der Waals surface area (Å²) < 4.78 is 1.83. The van der Waals surface area contributed by atoms with E-state index >= 15 is 0 Å². The normalized spacial score (nSPS) is 14.5. The number of allylic oxidation sites excluding steroid dienone is 1. The summed E-state index contributed by atoms with van der Waals surface area (Å²) in [5.41, 5.74) is 2.18. The molecule has 17 heavy (non-hydrogen) atoms. The van der Waals surface area contributed by atoms with Crippen LogP contribution in [0.15, 0.2) is 18.8 Å². The predicted octanol–water partition coefficient (Wildman–Crippen LogP) is 1.95. The molecule has 0 aliphatic heterocycles. The van der Waals surface area contributed by atoms with E-state index in [2.05, 4.69) is 11.9 Å². The predicted molar refractivity (Wildman–Crippen MR) is 65.4 cm³/mol. The molecule has 4 nitrogen and oxygen atoms in total. The van der Waals surface area contributed by atoms with Crippen molar-refractivity contribution in [3.63, 3.8) is 0 Å². The molecule has 1 fully saturated rings. The Labute approximate surface area is 100 Å². The fraction of sp³-hybridized carbons (Fsp3) is 0.385. The third-order valence-corrected chi connectivity index (χ3v) is 2.98. The molecule has 1 aromatic rings. The van der Waals surface area contributed by atoms with Crippen molar-refractivity contribution in [2.75, 3.05) is 0 Å². The average Bonchev–Trinajstić information content (AvgIpc) is 3.01. The van der Waals surface area contributed by atoms with Crippen LogP contribution in [-0.2, 0) is 4.79 Å². The number of amides is 2. The zero-order chi connectivity index (χ0) is 12.6. The van der Waals surface area contributed by atoms with Crippen molar-refractivity contribution in [2.24, 2.45) is 5.92 Å². The Morgan fingerprint density at radius 1 is 1.47 bits per heavy atom. The van der Waals surface area contributed by atoms with E-state index in [1.165, 1.54) is 0 Å². The molecule has 2 amide bonds. The second kappa shape index (κ2) is 4.20. The van der Waals surface area contributed by atoms with Gasteiger partial charge in [0.15, 0.2) is 0 Å². The van der Waals surface area contributed by atoms with Gasteiger partial charge in [-0.3, -0.25) is 14.9 Å². The molecule has 0 aromatic carbocycles. The van der Waals surface area contributed by atoms with E-state index in [4.69, 9.17) is 0 Å². The summed E-state index contributed by atoms with van der Waals surface area (Å²) in [7, 11) is 0. The Kier molecular flexibility index (Phi) is 2.88. The van der Waals surface area contributed by atoms with Gasteiger partial charge in [0, 0.05) is 23.5 Å². The number of carbonyl (C=O) groups excluding carboxylic acids is 2. The minimum Gasteiger partial charge on any atom is -0.325 e. The quantitative estimate of drug-likeness (QED) is 0.810. The molecule has 1 N–H and O–H groups in total. The minimum absolute atomic E-state index is 0.0440. The summed E-state index contributed by atoms with van der Waals surface area (Å²) >= 11 is 0. The van der Waals surface area contributed by atoms with E-state index in [0.29, 0.717) is 5.56 Å². The molecular weight excluding hydrogens is 216 g/mol. The first-order valence-corrected chi connectivity index (χ1v) is 5.69. The second-order valence-electron chi connectivity index (χ2n) is 4.51. The maximum absolute atomic E-state index is 11.9. The largest absolute Gasteiger partial charge is 0.325 e. The third kappa shape index (κ3) is 2.30. The molecule has 0 saturated heterocycles. The molecule has 1 aromatic heterocycles. The van der Waals surface area contributed by atoms with Crippen molar-refractivity contribution >= 4 is 17.5 Å². The molecular formula is C13H16N2O2. The lowest BCUT2D eigenvalue weighted by atomic mass is 10.2. The van der Waals surface area contributed by atoms with Crippen LogP contribution >= 0.6 is 0 Å². The van der Waals surface area contributed by atoms with Gasteiger partial charge < -0.3 is 4.57 Å². The first-order valence-electron chi connectivity index (χ1n) is 5.69. The maximum Gasteiger partial charge on any atom is 0.259 e. The third-order valence-electron chi connectivity index (χ3n) is 2.98. The molecule has 1 aliphatic carbocycles. The van der Waals surface area contributed by atoms with Crippen LogP contribution in [0.4, 0.5) is 0 Å². The summed E-state index contributed by atoms with van der Waals surface area (Å²) in [5, 5.41) is 2.43. The lowest BCUT2D eigenvalue weighted by Gasteiger charge is -2.06. The molecule has 1 aliphatic rings. The van der Waals surface area contributed by atoms with Gasteiger partial charge in [0.05, 0.1) is 5.56 Å². The molecule has 1 heterocycles. The van der Waals surface area contributed by atoms with Crippen molar-refractivity contribution in [3.05, 3.63) is 30.1 Å². The Bertz CT molecular complexity index is 496. The molecule has 2 rings (SSSR count). The standard InChI is InChI=1S/C13H16N2O2/c1-8(2)15-7-6-11(9(15)3)13(17)14-12(16)10-4-5-10/h6-7,10H,1,4-5H2,2-3H3,(H,14,16,17). The van der Waals surface area contributed by atoms with Crippen LogP contribution in [0, 0.1) is 12.8 Å². The second-order valence-corrected chi connectivity index (χ2v) is 4.51. The van der Waals surface area contributed by atoms with Crippen molar-refractivity contribution < 1.29 is 9.59 Å². The summed E-state index contributed by atoms with van der Waals surface area (Å²) in [6.45, 7) is 7.53. The number of carbonyl (C=O) groups is 2. The first-order chi connectivity index (χ1) is 8.00. The Balaban J connectivity index is 2.13. The van der Waals surface area contributed by atoms with Crippen LogP contribution in [0.25, 0.3) is 5.70 Å². The van der Waals surface area contributed by atoms with Crippen molar-refractivity contribution in [1.29, 1.82) is 0 Å². The average molecular weight is 232 g/mol. The summed E-state index contributed by atoms with van der Waals surface area (Å²) in [4.78, 5) is 23.4. The fourth-order valence-corrected chi connectivity index (χ4v) is 1.79. The van der Waals surface area contributed by atoms with Gasteiger partial charge in [-0.15, -0.1) is 0 Å². The highest BCUT2D eigenvalue weighted by Gasteiger charge is 2.31. The highest BCUT2D eigenvalue weighted by Crippen LogP contribution is 2.28. The van der Waals surface area contributed by atoms with Crippen molar-refractivity contribution in [1.82, 2.24) is 9.88 Å². The molecule has 0 unspecified atom stereocenters. The van der Waals surface area contributed by atoms with E-state index in [9.17, 15) is 9.59 Å². The zero-order valence-electron chi connectivity index (χ0n) is 10.1. The van der Waals surface area contributed by atoms with Crippen molar-refractivity contribution in [3.8, 4) is 0 Å². The van der Waals surface area contributed by atoms with E-state index in [1.54, 1.807) is 12.3 Å². The fourth-order valence-electron chi connectivity index (χ4n) is 1.79. The molecule has 0 atom stereocenters. The van der Waals surface area contributed by atoms with Crippen LogP contribution in [-0.4, -0.2) is 16.4 Å². The smallest absolute Gasteiger partial charge is 0.259 e. The Morgan fingerprint density at radius 2 is 2.12 bits per heavy atom. The highest BCUT2D eigenvalue weighted by atomic mass is 16.2. The van der Waals surface area contributed by atoms with Gasteiger partial charge in [-0.05, 0) is 32.8 Å². The van der Waals surface area contributed by atoms with E-state index in [-0.39, 0.29) is 17.7 Å². The van der Waals surface area contributed by atoms with Crippen LogP contribution in [0.5, 0.6) is 0 Å². The van der Waals surface area contributed by atoms with Crippen LogP contribution in [0.3, 0.4) is 0 Å². The van der Waals surface area contributed by atoms with Gasteiger partial charge in [-0.1, -0.05) is 6.58 Å². The molecule has 1 saturated carbocycles. The lowest BCUT2D eigenvalue weighted by Crippen LogP contribution is -2.31. The zero-order valence-corrected chi connectivity index (χ0v) is 10.1. The molecule has 0 bridgehead atoms. The SMILES string of the molecule is C=C(C)n1ccc(C(=O)NC(=O)C2CC2)c1C. The summed E-state index contributed by atoms with van der Waals surface area (Å²) in [6.07, 6.45) is 3.57. The van der Waals surface area contributed by atoms with Gasteiger partial charge in [-0.2, -0.15) is 0 Å². The first kappa shape index (κ1) is 11.6. The van der Waals surface area contributed by atoms with E-state index in [0.717, 1.165) is 24.2 Å². The molecule has 90 valence electrons. The van der Waals surface area contributed by atoms with Gasteiger partial charge in [0.1, 0.15) is 0 Å². The number of nitrogens with one attached hydrogen (secondary N) is 1. The van der Waals surface area contributed by atoms with Gasteiger partial charge in [0.2, 0.25) is 5.91 Å². The van der Waals surface area contributed by atoms with Crippen LogP contribution < -0.4 is 5.32 Å². The van der Waals surface area contributed by atoms with Gasteiger partial charge in [0.25, 0.3) is 5.91 Å². The molecule has 0 radical (unpaired) electrons. The van der Waals surface area contributed by atoms with Crippen LogP contribution in [0.2, 0.25) is 0 Å². The number of hydrogen-bond acceptors (Lipinski definition) is 2. The van der Waals surface area contributed by atoms with Gasteiger partial charge in [-0.25, -0.2) is 0 Å². The summed E-state index contributed by atoms with van der Waals surface area (Å²) in [5.74, 6) is -0.431. The Morgan fingerprint density at radius 3 is 2.59 bits per heavy atom. The van der Waals surface area contributed by atoms with E-state index in [1.807, 2.05) is 18.4 Å². The number of hydrogen-bond donors (Lipinski definition) is 1. The monoisotopic (exact) mass is 232 g/mol. The van der Waals surface area contributed by atoms with Crippen molar-refractivity contribution in [2.45, 2.75) is 26.7 Å². The summed E-state index contributed by atoms with van der Waals surface area (Å²) in [6, 6.07) is 1.71. The molecule has 0 spiro atoms. The van der Waals surface area contributed by atoms with Crippen LogP contribution in [0.1, 0.15) is 35.8 Å². The minimum atomic E-state index is -0.320. The van der Waals surface area contributed by atoms with E-state index < -0.39 is 0 Å².